The number of carbonyl (C=O) groups excluding carboxylic acids is 1. The number of allylic oxidation sites excluding steroid dienone is 1. The number of cyclic esters (lactones) is 1. The van der Waals surface area contributed by atoms with Crippen molar-refractivity contribution < 1.29 is 9.53 Å². The molecule has 1 N–H and O–H groups in total. The van der Waals surface area contributed by atoms with E-state index in [-0.39, 0.29) is 5.97 Å². The SMILES string of the molecule is CCCCC1=C(Br)C(=CNc2ccccc2)OC1=O. The normalized spacial score (nSPS) is 16.9. The maximum absolute atomic E-state index is 11.7. The summed E-state index contributed by atoms with van der Waals surface area (Å²) >= 11 is 3.44. The molecule has 0 amide bonds. The first-order valence-electron chi connectivity index (χ1n) is 6.35. The zero-order valence-corrected chi connectivity index (χ0v) is 12.4. The van der Waals surface area contributed by atoms with Gasteiger partial charge in [-0.1, -0.05) is 31.5 Å². The van der Waals surface area contributed by atoms with Crippen LogP contribution < -0.4 is 5.32 Å². The number of rotatable bonds is 5. The predicted octanol–water partition coefficient (Wildman–Crippen LogP) is 4.34. The van der Waals surface area contributed by atoms with Gasteiger partial charge in [-0.05, 0) is 40.9 Å². The van der Waals surface area contributed by atoms with E-state index >= 15 is 0 Å². The minimum absolute atomic E-state index is 0.249. The third kappa shape index (κ3) is 3.47. The summed E-state index contributed by atoms with van der Waals surface area (Å²) in [6.07, 6.45) is 4.49. The van der Waals surface area contributed by atoms with Crippen molar-refractivity contribution in [1.29, 1.82) is 0 Å². The van der Waals surface area contributed by atoms with Gasteiger partial charge in [0.15, 0.2) is 5.76 Å². The summed E-state index contributed by atoms with van der Waals surface area (Å²) in [5.74, 6) is 0.293. The Bertz CT molecular complexity index is 520. The molecule has 19 heavy (non-hydrogen) atoms. The Balaban J connectivity index is 2.09. The summed E-state index contributed by atoms with van der Waals surface area (Å²) in [6.45, 7) is 2.10. The molecule has 0 unspecified atom stereocenters. The standard InChI is InChI=1S/C15H16BrNO2/c1-2-3-9-12-14(16)13(19-15(12)18)10-17-11-7-5-4-6-8-11/h4-8,10,17H,2-3,9H2,1H3. The molecule has 0 saturated heterocycles. The molecule has 1 aromatic carbocycles. The number of unbranched alkanes of at least 4 members (excludes halogenated alkanes) is 1. The molecule has 1 aliphatic heterocycles. The van der Waals surface area contributed by atoms with Gasteiger partial charge in [-0.25, -0.2) is 4.79 Å². The Labute approximate surface area is 121 Å². The number of esters is 1. The number of halogens is 1. The third-order valence-electron chi connectivity index (χ3n) is 2.85. The summed E-state index contributed by atoms with van der Waals surface area (Å²) in [5, 5.41) is 3.11. The Morgan fingerprint density at radius 1 is 1.32 bits per heavy atom. The smallest absolute Gasteiger partial charge is 0.340 e. The van der Waals surface area contributed by atoms with Crippen molar-refractivity contribution in [2.45, 2.75) is 26.2 Å². The Morgan fingerprint density at radius 3 is 2.74 bits per heavy atom. The quantitative estimate of drug-likeness (QED) is 0.820. The van der Waals surface area contributed by atoms with Crippen molar-refractivity contribution in [3.63, 3.8) is 0 Å². The van der Waals surface area contributed by atoms with Gasteiger partial charge in [0.2, 0.25) is 0 Å². The molecule has 1 aromatic rings. The molecule has 100 valence electrons. The van der Waals surface area contributed by atoms with E-state index in [1.165, 1.54) is 0 Å². The van der Waals surface area contributed by atoms with Crippen LogP contribution in [0.1, 0.15) is 26.2 Å². The minimum atomic E-state index is -0.249. The highest BCUT2D eigenvalue weighted by atomic mass is 79.9. The molecule has 0 radical (unpaired) electrons. The van der Waals surface area contributed by atoms with Gasteiger partial charge in [-0.2, -0.15) is 0 Å². The van der Waals surface area contributed by atoms with Crippen LogP contribution in [-0.2, 0) is 9.53 Å². The Kier molecular flexibility index (Phi) is 4.80. The van der Waals surface area contributed by atoms with E-state index in [1.54, 1.807) is 6.20 Å². The molecule has 0 spiro atoms. The van der Waals surface area contributed by atoms with Crippen LogP contribution in [-0.4, -0.2) is 5.97 Å². The molecule has 0 aromatic heterocycles. The average molecular weight is 322 g/mol. The minimum Gasteiger partial charge on any atom is -0.420 e. The van der Waals surface area contributed by atoms with Crippen LogP contribution >= 0.6 is 15.9 Å². The lowest BCUT2D eigenvalue weighted by Gasteiger charge is -2.01. The molecule has 0 saturated carbocycles. The fourth-order valence-corrected chi connectivity index (χ4v) is 2.34. The fourth-order valence-electron chi connectivity index (χ4n) is 1.79. The molecule has 0 bridgehead atoms. The van der Waals surface area contributed by atoms with Crippen molar-refractivity contribution in [3.8, 4) is 0 Å². The number of hydrogen-bond acceptors (Lipinski definition) is 3. The largest absolute Gasteiger partial charge is 0.420 e. The highest BCUT2D eigenvalue weighted by molar-refractivity contribution is 9.12. The monoisotopic (exact) mass is 321 g/mol. The first-order valence-corrected chi connectivity index (χ1v) is 7.14. The molecule has 0 atom stereocenters. The number of nitrogens with one attached hydrogen (secondary N) is 1. The van der Waals surface area contributed by atoms with Crippen molar-refractivity contribution in [2.75, 3.05) is 5.32 Å². The van der Waals surface area contributed by atoms with Gasteiger partial charge in [0.1, 0.15) is 0 Å². The van der Waals surface area contributed by atoms with Gasteiger partial charge in [0.05, 0.1) is 10.1 Å². The molecular weight excluding hydrogens is 306 g/mol. The highest BCUT2D eigenvalue weighted by Gasteiger charge is 2.27. The Hall–Kier alpha value is -1.55. The van der Waals surface area contributed by atoms with Crippen LogP contribution in [0.2, 0.25) is 0 Å². The molecule has 0 aliphatic carbocycles. The van der Waals surface area contributed by atoms with Crippen LogP contribution in [0.4, 0.5) is 5.69 Å². The van der Waals surface area contributed by atoms with E-state index in [2.05, 4.69) is 28.2 Å². The first-order chi connectivity index (χ1) is 9.22. The number of para-hydroxylation sites is 1. The van der Waals surface area contributed by atoms with Crippen molar-refractivity contribution in [2.24, 2.45) is 0 Å². The van der Waals surface area contributed by atoms with Crippen LogP contribution in [0.5, 0.6) is 0 Å². The molecular formula is C15H16BrNO2. The summed E-state index contributed by atoms with van der Waals surface area (Å²) in [6, 6.07) is 9.73. The molecule has 3 nitrogen and oxygen atoms in total. The van der Waals surface area contributed by atoms with E-state index in [0.717, 1.165) is 35.0 Å². The molecule has 0 fully saturated rings. The number of ether oxygens (including phenoxy) is 1. The van der Waals surface area contributed by atoms with Crippen LogP contribution in [0.3, 0.4) is 0 Å². The van der Waals surface area contributed by atoms with Gasteiger partial charge < -0.3 is 10.1 Å². The molecule has 2 rings (SSSR count). The van der Waals surface area contributed by atoms with Gasteiger partial charge in [-0.3, -0.25) is 0 Å². The predicted molar refractivity (Wildman–Crippen MR) is 79.7 cm³/mol. The average Bonchev–Trinajstić information content (AvgIpc) is 2.70. The van der Waals surface area contributed by atoms with Gasteiger partial charge in [0, 0.05) is 11.9 Å². The second-order valence-electron chi connectivity index (χ2n) is 4.30. The van der Waals surface area contributed by atoms with E-state index in [9.17, 15) is 4.79 Å². The van der Waals surface area contributed by atoms with E-state index in [4.69, 9.17) is 4.74 Å². The van der Waals surface area contributed by atoms with Crippen LogP contribution in [0.25, 0.3) is 0 Å². The fraction of sp³-hybridized carbons (Fsp3) is 0.267. The molecule has 1 heterocycles. The van der Waals surface area contributed by atoms with Crippen molar-refractivity contribution in [1.82, 2.24) is 0 Å². The first kappa shape index (κ1) is 13.9. The number of anilines is 1. The van der Waals surface area contributed by atoms with Gasteiger partial charge >= 0.3 is 5.97 Å². The summed E-state index contributed by atoms with van der Waals surface area (Å²) in [7, 11) is 0. The van der Waals surface area contributed by atoms with Crippen LogP contribution in [0, 0.1) is 0 Å². The summed E-state index contributed by atoms with van der Waals surface area (Å²) in [4.78, 5) is 11.7. The summed E-state index contributed by atoms with van der Waals surface area (Å²) in [5.41, 5.74) is 1.68. The highest BCUT2D eigenvalue weighted by Crippen LogP contribution is 2.33. The maximum Gasteiger partial charge on any atom is 0.340 e. The summed E-state index contributed by atoms with van der Waals surface area (Å²) < 4.78 is 6.00. The molecule has 4 heteroatoms. The Morgan fingerprint density at radius 2 is 2.05 bits per heavy atom. The lowest BCUT2D eigenvalue weighted by atomic mass is 10.1. The second kappa shape index (κ2) is 6.57. The van der Waals surface area contributed by atoms with E-state index in [1.807, 2.05) is 30.3 Å². The van der Waals surface area contributed by atoms with Gasteiger partial charge in [0.25, 0.3) is 0 Å². The second-order valence-corrected chi connectivity index (χ2v) is 5.10. The topological polar surface area (TPSA) is 38.3 Å². The number of hydrogen-bond donors (Lipinski definition) is 1. The zero-order chi connectivity index (χ0) is 13.7. The van der Waals surface area contributed by atoms with E-state index in [0.29, 0.717) is 5.76 Å². The van der Waals surface area contributed by atoms with Crippen molar-refractivity contribution >= 4 is 27.6 Å². The lowest BCUT2D eigenvalue weighted by Crippen LogP contribution is -1.99. The maximum atomic E-state index is 11.7. The number of benzene rings is 1. The lowest BCUT2D eigenvalue weighted by molar-refractivity contribution is -0.133. The third-order valence-corrected chi connectivity index (χ3v) is 3.72. The van der Waals surface area contributed by atoms with Gasteiger partial charge in [-0.15, -0.1) is 0 Å². The zero-order valence-electron chi connectivity index (χ0n) is 10.8. The molecule has 1 aliphatic rings. The van der Waals surface area contributed by atoms with Crippen molar-refractivity contribution in [3.05, 3.63) is 52.3 Å². The van der Waals surface area contributed by atoms with E-state index < -0.39 is 0 Å². The number of carbonyl (C=O) groups is 1. The van der Waals surface area contributed by atoms with Crippen LogP contribution in [0.15, 0.2) is 52.3 Å².